The molecule has 0 saturated carbocycles. The van der Waals surface area contributed by atoms with E-state index in [4.69, 9.17) is 0 Å². The third-order valence-electron chi connectivity index (χ3n) is 2.01. The highest BCUT2D eigenvalue weighted by molar-refractivity contribution is 5.97. The lowest BCUT2D eigenvalue weighted by Crippen LogP contribution is -1.91. The van der Waals surface area contributed by atoms with Gasteiger partial charge < -0.3 is 0 Å². The van der Waals surface area contributed by atoms with Crippen LogP contribution in [0.4, 0.5) is 0 Å². The summed E-state index contributed by atoms with van der Waals surface area (Å²) in [6.45, 7) is 1.56. The van der Waals surface area contributed by atoms with Gasteiger partial charge in [0, 0.05) is 17.1 Å². The minimum Gasteiger partial charge on any atom is -0.295 e. The predicted octanol–water partition coefficient (Wildman–Crippen LogP) is 2.44. The number of aromatic nitrogens is 1. The summed E-state index contributed by atoms with van der Waals surface area (Å²) in [5, 5.41) is 1.06. The molecular formula is C11H9NO. The van der Waals surface area contributed by atoms with Crippen LogP contribution in [-0.2, 0) is 0 Å². The molecule has 0 N–H and O–H groups in total. The van der Waals surface area contributed by atoms with Gasteiger partial charge in [-0.25, -0.2) is 0 Å². The molecule has 0 amide bonds. The van der Waals surface area contributed by atoms with Crippen LogP contribution < -0.4 is 0 Å². The van der Waals surface area contributed by atoms with E-state index in [0.29, 0.717) is 5.56 Å². The van der Waals surface area contributed by atoms with E-state index in [1.54, 1.807) is 13.1 Å². The minimum absolute atomic E-state index is 0.0764. The van der Waals surface area contributed by atoms with Crippen LogP contribution in [0.5, 0.6) is 0 Å². The van der Waals surface area contributed by atoms with Crippen molar-refractivity contribution in [3.05, 3.63) is 42.1 Å². The fraction of sp³-hybridized carbons (Fsp3) is 0.0909. The molecule has 2 rings (SSSR count). The van der Waals surface area contributed by atoms with Crippen LogP contribution >= 0.6 is 0 Å². The summed E-state index contributed by atoms with van der Waals surface area (Å²) in [5.41, 5.74) is 1.58. The topological polar surface area (TPSA) is 30.0 Å². The van der Waals surface area contributed by atoms with E-state index in [2.05, 4.69) is 4.98 Å². The molecule has 2 heteroatoms. The molecule has 0 unspecified atom stereocenters. The lowest BCUT2D eigenvalue weighted by atomic mass is 10.1. The summed E-state index contributed by atoms with van der Waals surface area (Å²) in [5.74, 6) is 0.0764. The summed E-state index contributed by atoms with van der Waals surface area (Å²) in [6.07, 6.45) is 1.73. The van der Waals surface area contributed by atoms with E-state index in [9.17, 15) is 4.79 Å². The second-order valence-electron chi connectivity index (χ2n) is 2.97. The molecule has 2 nitrogen and oxygen atoms in total. The molecule has 0 atom stereocenters. The highest BCUT2D eigenvalue weighted by atomic mass is 16.1. The van der Waals surface area contributed by atoms with Crippen LogP contribution in [0.2, 0.25) is 0 Å². The Morgan fingerprint density at radius 1 is 1.31 bits per heavy atom. The fourth-order valence-electron chi connectivity index (χ4n) is 1.29. The number of fused-ring (bicyclic) bond motifs is 1. The molecule has 0 bridgehead atoms. The number of benzene rings is 1. The number of hydrogen-bond acceptors (Lipinski definition) is 2. The maximum Gasteiger partial charge on any atom is 0.159 e. The molecule has 0 fully saturated rings. The Balaban J connectivity index is 2.69. The van der Waals surface area contributed by atoms with Gasteiger partial charge >= 0.3 is 0 Å². The Morgan fingerprint density at radius 2 is 2.15 bits per heavy atom. The van der Waals surface area contributed by atoms with Crippen LogP contribution in [0, 0.1) is 0 Å². The quantitative estimate of drug-likeness (QED) is 0.617. The van der Waals surface area contributed by atoms with E-state index in [1.165, 1.54) is 0 Å². The third kappa shape index (κ3) is 1.43. The number of carbonyl (C=O) groups is 1. The molecule has 13 heavy (non-hydrogen) atoms. The van der Waals surface area contributed by atoms with E-state index in [1.807, 2.05) is 30.3 Å². The number of Topliss-reactive ketones (excluding diaryl/α,β-unsaturated/α-hetero) is 1. The van der Waals surface area contributed by atoms with Crippen molar-refractivity contribution < 1.29 is 4.79 Å². The normalized spacial score (nSPS) is 10.2. The Kier molecular flexibility index (Phi) is 1.81. The number of hydrogen-bond donors (Lipinski definition) is 0. The number of ketones is 1. The standard InChI is InChI=1S/C11H9NO/c1-8(13)10-5-4-9-3-2-6-12-11(9)7-10/h2-7H,1H3. The fourth-order valence-corrected chi connectivity index (χ4v) is 1.29. The molecule has 1 aromatic carbocycles. The molecule has 2 aromatic rings. The maximum atomic E-state index is 11.1. The van der Waals surface area contributed by atoms with Gasteiger partial charge in [-0.2, -0.15) is 0 Å². The molecular weight excluding hydrogens is 162 g/mol. The largest absolute Gasteiger partial charge is 0.295 e. The average molecular weight is 171 g/mol. The van der Waals surface area contributed by atoms with E-state index in [-0.39, 0.29) is 5.78 Å². The van der Waals surface area contributed by atoms with E-state index < -0.39 is 0 Å². The summed E-state index contributed by atoms with van der Waals surface area (Å²) in [4.78, 5) is 15.2. The van der Waals surface area contributed by atoms with Gasteiger partial charge in [0.15, 0.2) is 5.78 Å². The van der Waals surface area contributed by atoms with E-state index >= 15 is 0 Å². The smallest absolute Gasteiger partial charge is 0.159 e. The molecule has 0 spiro atoms. The van der Waals surface area contributed by atoms with Gasteiger partial charge in [0.25, 0.3) is 0 Å². The number of pyridine rings is 1. The second kappa shape index (κ2) is 2.98. The molecule has 64 valence electrons. The highest BCUT2D eigenvalue weighted by Gasteiger charge is 2.00. The van der Waals surface area contributed by atoms with Gasteiger partial charge in [0.05, 0.1) is 5.52 Å². The van der Waals surface area contributed by atoms with Crippen LogP contribution in [-0.4, -0.2) is 10.8 Å². The second-order valence-corrected chi connectivity index (χ2v) is 2.97. The van der Waals surface area contributed by atoms with Gasteiger partial charge in [-0.05, 0) is 19.1 Å². The molecule has 0 aliphatic heterocycles. The first kappa shape index (κ1) is 7.92. The van der Waals surface area contributed by atoms with E-state index in [0.717, 1.165) is 10.9 Å². The van der Waals surface area contributed by atoms with Gasteiger partial charge in [0.1, 0.15) is 0 Å². The molecule has 0 aliphatic rings. The first-order chi connectivity index (χ1) is 6.27. The number of carbonyl (C=O) groups excluding carboxylic acids is 1. The van der Waals surface area contributed by atoms with Crippen LogP contribution in [0.3, 0.4) is 0 Å². The van der Waals surface area contributed by atoms with Crippen LogP contribution in [0.1, 0.15) is 17.3 Å². The van der Waals surface area contributed by atoms with Gasteiger partial charge in [-0.15, -0.1) is 0 Å². The summed E-state index contributed by atoms with van der Waals surface area (Å²) >= 11 is 0. The first-order valence-electron chi connectivity index (χ1n) is 4.13. The number of rotatable bonds is 1. The molecule has 0 aliphatic carbocycles. The molecule has 0 radical (unpaired) electrons. The van der Waals surface area contributed by atoms with Crippen molar-refractivity contribution in [2.24, 2.45) is 0 Å². The monoisotopic (exact) mass is 171 g/mol. The molecule has 1 aromatic heterocycles. The molecule has 1 heterocycles. The average Bonchev–Trinajstić information content (AvgIpc) is 2.17. The third-order valence-corrected chi connectivity index (χ3v) is 2.01. The Hall–Kier alpha value is -1.70. The zero-order chi connectivity index (χ0) is 9.26. The molecule has 0 saturated heterocycles. The lowest BCUT2D eigenvalue weighted by molar-refractivity contribution is 0.101. The van der Waals surface area contributed by atoms with Crippen molar-refractivity contribution in [2.75, 3.05) is 0 Å². The van der Waals surface area contributed by atoms with Gasteiger partial charge in [-0.1, -0.05) is 18.2 Å². The first-order valence-corrected chi connectivity index (χ1v) is 4.13. The Bertz CT molecular complexity index is 462. The van der Waals surface area contributed by atoms with Crippen molar-refractivity contribution in [1.82, 2.24) is 4.98 Å². The predicted molar refractivity (Wildman–Crippen MR) is 51.7 cm³/mol. The summed E-state index contributed by atoms with van der Waals surface area (Å²) in [7, 11) is 0. The Morgan fingerprint density at radius 3 is 2.92 bits per heavy atom. The van der Waals surface area contributed by atoms with Gasteiger partial charge in [0.2, 0.25) is 0 Å². The van der Waals surface area contributed by atoms with Crippen molar-refractivity contribution in [3.8, 4) is 0 Å². The van der Waals surface area contributed by atoms with Crippen LogP contribution in [0.25, 0.3) is 10.9 Å². The number of nitrogens with zero attached hydrogens (tertiary/aromatic N) is 1. The van der Waals surface area contributed by atoms with Crippen molar-refractivity contribution in [3.63, 3.8) is 0 Å². The van der Waals surface area contributed by atoms with Crippen molar-refractivity contribution >= 4 is 16.7 Å². The summed E-state index contributed by atoms with van der Waals surface area (Å²) < 4.78 is 0. The SMILES string of the molecule is CC(=O)c1ccc2cccnc2c1. The van der Waals surface area contributed by atoms with Gasteiger partial charge in [-0.3, -0.25) is 9.78 Å². The summed E-state index contributed by atoms with van der Waals surface area (Å²) in [6, 6.07) is 9.42. The van der Waals surface area contributed by atoms with Crippen molar-refractivity contribution in [2.45, 2.75) is 6.92 Å². The van der Waals surface area contributed by atoms with Crippen molar-refractivity contribution in [1.29, 1.82) is 0 Å². The lowest BCUT2D eigenvalue weighted by Gasteiger charge is -1.98. The maximum absolute atomic E-state index is 11.1. The minimum atomic E-state index is 0.0764. The zero-order valence-electron chi connectivity index (χ0n) is 7.32. The zero-order valence-corrected chi connectivity index (χ0v) is 7.32. The Labute approximate surface area is 76.2 Å². The van der Waals surface area contributed by atoms with Crippen LogP contribution in [0.15, 0.2) is 36.5 Å². The highest BCUT2D eigenvalue weighted by Crippen LogP contribution is 2.13.